The van der Waals surface area contributed by atoms with Crippen LogP contribution >= 0.6 is 0 Å². The standard InChI is InChI=1S/C45H50N10O8/c56-37-19-18-34(43(59)50-37)55-44(60)33-11-8-12-35(40(33)45(55)61)63-28-38(57)46-20-7-5-3-1-2-4-6-13-39(58)53-23-21-52(22-24-53)31-16-14-30(15-17-31)41-42-51-49-29-54(42)36(27-48-41)47-26-32-10-9-25-62-32/h8-12,14-17,25,27,29,34,47H,1-7,13,18-24,26,28H2,(H,46,57)(H,50,56,59). The number of piperazine rings is 1. The third-order valence-corrected chi connectivity index (χ3v) is 11.7. The molecule has 3 N–H and O–H groups in total. The molecule has 328 valence electrons. The third kappa shape index (κ3) is 9.84. The number of hydrogen-bond acceptors (Lipinski definition) is 13. The zero-order valence-electron chi connectivity index (χ0n) is 34.9. The zero-order valence-corrected chi connectivity index (χ0v) is 34.9. The van der Waals surface area contributed by atoms with Crippen LogP contribution in [0.1, 0.15) is 90.7 Å². The highest BCUT2D eigenvalue weighted by Crippen LogP contribution is 2.34. The Hall–Kier alpha value is -7.11. The molecule has 2 aromatic carbocycles. The number of piperidine rings is 1. The van der Waals surface area contributed by atoms with E-state index < -0.39 is 29.7 Å². The van der Waals surface area contributed by atoms with Gasteiger partial charge in [-0.3, -0.25) is 43.4 Å². The Balaban J connectivity index is 0.671. The summed E-state index contributed by atoms with van der Waals surface area (Å²) >= 11 is 0. The van der Waals surface area contributed by atoms with Crippen molar-refractivity contribution in [3.05, 3.63) is 90.3 Å². The monoisotopic (exact) mass is 858 g/mol. The molecule has 5 aromatic rings. The lowest BCUT2D eigenvalue weighted by atomic mass is 10.0. The minimum absolute atomic E-state index is 0.00505. The second kappa shape index (κ2) is 19.7. The summed E-state index contributed by atoms with van der Waals surface area (Å²) in [4.78, 5) is 85.5. The van der Waals surface area contributed by atoms with Crippen LogP contribution < -0.4 is 25.6 Å². The van der Waals surface area contributed by atoms with E-state index in [2.05, 4.69) is 43.2 Å². The average molecular weight is 859 g/mol. The first-order chi connectivity index (χ1) is 30.7. The van der Waals surface area contributed by atoms with Crippen LogP contribution in [0.3, 0.4) is 0 Å². The molecule has 0 spiro atoms. The van der Waals surface area contributed by atoms with Gasteiger partial charge < -0.3 is 29.6 Å². The maximum absolute atomic E-state index is 13.2. The maximum atomic E-state index is 13.2. The van der Waals surface area contributed by atoms with Crippen molar-refractivity contribution in [2.75, 3.05) is 49.5 Å². The highest BCUT2D eigenvalue weighted by atomic mass is 16.5. The molecule has 8 rings (SSSR count). The van der Waals surface area contributed by atoms with E-state index in [-0.39, 0.29) is 48.1 Å². The van der Waals surface area contributed by atoms with E-state index in [1.807, 2.05) is 33.6 Å². The molecular formula is C45H50N10O8. The number of fused-ring (bicyclic) bond motifs is 2. The Morgan fingerprint density at radius 2 is 1.65 bits per heavy atom. The molecule has 18 heteroatoms. The summed E-state index contributed by atoms with van der Waals surface area (Å²) in [7, 11) is 0. The van der Waals surface area contributed by atoms with Crippen molar-refractivity contribution in [2.45, 2.75) is 76.8 Å². The molecule has 0 radical (unpaired) electrons. The van der Waals surface area contributed by atoms with E-state index in [4.69, 9.17) is 14.1 Å². The predicted molar refractivity (Wildman–Crippen MR) is 230 cm³/mol. The van der Waals surface area contributed by atoms with Crippen molar-refractivity contribution in [3.63, 3.8) is 0 Å². The third-order valence-electron chi connectivity index (χ3n) is 11.7. The van der Waals surface area contributed by atoms with Gasteiger partial charge in [0.05, 0.1) is 30.1 Å². The molecule has 2 fully saturated rings. The smallest absolute Gasteiger partial charge is 0.266 e. The Kier molecular flexibility index (Phi) is 13.3. The molecule has 3 aliphatic rings. The number of carbonyl (C=O) groups is 6. The van der Waals surface area contributed by atoms with E-state index in [9.17, 15) is 28.8 Å². The fourth-order valence-electron chi connectivity index (χ4n) is 8.26. The van der Waals surface area contributed by atoms with Crippen LogP contribution in [0.5, 0.6) is 5.75 Å². The van der Waals surface area contributed by atoms with E-state index in [1.165, 1.54) is 12.1 Å². The van der Waals surface area contributed by atoms with Gasteiger partial charge >= 0.3 is 0 Å². The summed E-state index contributed by atoms with van der Waals surface area (Å²) in [6.07, 6.45) is 12.4. The summed E-state index contributed by atoms with van der Waals surface area (Å²) in [6.45, 7) is 3.58. The lowest BCUT2D eigenvalue weighted by Crippen LogP contribution is -2.54. The lowest BCUT2D eigenvalue weighted by molar-refractivity contribution is -0.136. The zero-order chi connectivity index (χ0) is 43.7. The summed E-state index contributed by atoms with van der Waals surface area (Å²) in [5, 5.41) is 16.8. The van der Waals surface area contributed by atoms with Crippen molar-refractivity contribution in [3.8, 4) is 17.0 Å². The van der Waals surface area contributed by atoms with E-state index in [0.717, 1.165) is 91.5 Å². The van der Waals surface area contributed by atoms with Gasteiger partial charge in [0, 0.05) is 56.8 Å². The number of nitrogens with one attached hydrogen (secondary N) is 3. The normalized spacial score (nSPS) is 16.4. The largest absolute Gasteiger partial charge is 0.483 e. The second-order valence-corrected chi connectivity index (χ2v) is 15.9. The summed E-state index contributed by atoms with van der Waals surface area (Å²) in [5.41, 5.74) is 3.53. The van der Waals surface area contributed by atoms with Gasteiger partial charge in [-0.25, -0.2) is 4.98 Å². The van der Waals surface area contributed by atoms with Crippen LogP contribution in [0.25, 0.3) is 16.9 Å². The second-order valence-electron chi connectivity index (χ2n) is 15.9. The van der Waals surface area contributed by atoms with Crippen LogP contribution in [0.4, 0.5) is 11.5 Å². The van der Waals surface area contributed by atoms with Crippen molar-refractivity contribution >= 4 is 52.6 Å². The lowest BCUT2D eigenvalue weighted by Gasteiger charge is -2.36. The van der Waals surface area contributed by atoms with Gasteiger partial charge in [0.15, 0.2) is 12.3 Å². The average Bonchev–Trinajstić information content (AvgIpc) is 4.07. The first-order valence-electron chi connectivity index (χ1n) is 21.6. The van der Waals surface area contributed by atoms with Crippen LogP contribution in [0.15, 0.2) is 77.8 Å². The summed E-state index contributed by atoms with van der Waals surface area (Å²) in [5.74, 6) is -0.951. The van der Waals surface area contributed by atoms with Crippen LogP contribution in [0.2, 0.25) is 0 Å². The number of furan rings is 1. The van der Waals surface area contributed by atoms with Crippen molar-refractivity contribution in [2.24, 2.45) is 0 Å². The minimum atomic E-state index is -1.08. The first-order valence-corrected chi connectivity index (χ1v) is 21.6. The maximum Gasteiger partial charge on any atom is 0.266 e. The molecule has 0 saturated carbocycles. The molecule has 1 unspecified atom stereocenters. The van der Waals surface area contributed by atoms with Gasteiger partial charge in [0.2, 0.25) is 17.7 Å². The number of amides is 6. The Bertz CT molecular complexity index is 2460. The number of aromatic nitrogens is 4. The number of nitrogens with zero attached hydrogens (tertiary/aromatic N) is 7. The number of anilines is 2. The highest BCUT2D eigenvalue weighted by Gasteiger charge is 2.46. The minimum Gasteiger partial charge on any atom is -0.483 e. The molecule has 6 heterocycles. The van der Waals surface area contributed by atoms with Crippen molar-refractivity contribution < 1.29 is 37.9 Å². The number of unbranched alkanes of at least 4 members (excludes halogenated alkanes) is 6. The summed E-state index contributed by atoms with van der Waals surface area (Å²) < 4.78 is 13.0. The molecule has 18 nitrogen and oxygen atoms in total. The molecular weight excluding hydrogens is 809 g/mol. The van der Waals surface area contributed by atoms with Gasteiger partial charge in [0.25, 0.3) is 17.7 Å². The molecule has 3 aliphatic heterocycles. The number of ether oxygens (including phenoxy) is 1. The number of benzene rings is 2. The Labute approximate surface area is 363 Å². The number of rotatable bonds is 19. The molecule has 1 atom stereocenters. The molecule has 0 aliphatic carbocycles. The van der Waals surface area contributed by atoms with Gasteiger partial charge in [-0.15, -0.1) is 10.2 Å². The summed E-state index contributed by atoms with van der Waals surface area (Å²) in [6, 6.07) is 15.5. The van der Waals surface area contributed by atoms with Gasteiger partial charge in [-0.05, 0) is 55.7 Å². The number of imide groups is 2. The van der Waals surface area contributed by atoms with Gasteiger partial charge in [-0.2, -0.15) is 0 Å². The molecule has 6 amide bonds. The van der Waals surface area contributed by atoms with Crippen LogP contribution in [-0.2, 0) is 25.7 Å². The molecule has 0 bridgehead atoms. The quantitative estimate of drug-likeness (QED) is 0.0779. The first kappa shape index (κ1) is 42.6. The Morgan fingerprint density at radius 1 is 0.873 bits per heavy atom. The molecule has 63 heavy (non-hydrogen) atoms. The van der Waals surface area contributed by atoms with Gasteiger partial charge in [-0.1, -0.05) is 50.3 Å². The molecule has 2 saturated heterocycles. The van der Waals surface area contributed by atoms with E-state index in [0.29, 0.717) is 38.2 Å². The SMILES string of the molecule is O=C(COc1cccc2c1C(=O)N(C1CCC(=O)NC1=O)C2=O)NCCCCCCCCCC(=O)N1CCN(c2ccc(-c3ncc(NCc4ccco4)n4cnnc34)cc2)CC1. The predicted octanol–water partition coefficient (Wildman–Crippen LogP) is 4.36. The highest BCUT2D eigenvalue weighted by molar-refractivity contribution is 6.24. The molecule has 3 aromatic heterocycles. The van der Waals surface area contributed by atoms with E-state index >= 15 is 0 Å². The van der Waals surface area contributed by atoms with Crippen molar-refractivity contribution in [1.29, 1.82) is 0 Å². The number of hydrogen-bond donors (Lipinski definition) is 3. The fourth-order valence-corrected chi connectivity index (χ4v) is 8.26. The topological polar surface area (TPSA) is 214 Å². The Morgan fingerprint density at radius 3 is 2.41 bits per heavy atom. The van der Waals surface area contributed by atoms with E-state index in [1.54, 1.807) is 24.9 Å². The van der Waals surface area contributed by atoms with Crippen LogP contribution in [-0.4, -0.2) is 110 Å². The fraction of sp³-hybridized carbons (Fsp3) is 0.400. The van der Waals surface area contributed by atoms with Crippen molar-refractivity contribution in [1.82, 2.24) is 40.0 Å². The van der Waals surface area contributed by atoms with Crippen LogP contribution in [0, 0.1) is 0 Å². The van der Waals surface area contributed by atoms with Gasteiger partial charge in [0.1, 0.15) is 35.4 Å². The number of carbonyl (C=O) groups excluding carboxylic acids is 6.